The summed E-state index contributed by atoms with van der Waals surface area (Å²) in [5, 5.41) is 5.82. The topological polar surface area (TPSA) is 84.5 Å². The van der Waals surface area contributed by atoms with E-state index >= 15 is 0 Å². The molecule has 2 amide bonds. The van der Waals surface area contributed by atoms with Crippen LogP contribution in [-0.2, 0) is 14.3 Å². The molecule has 3 fully saturated rings. The van der Waals surface area contributed by atoms with Crippen LogP contribution in [0.25, 0.3) is 0 Å². The monoisotopic (exact) mass is 482 g/mol. The first-order valence-electron chi connectivity index (χ1n) is 10.5. The van der Waals surface area contributed by atoms with Crippen LogP contribution in [-0.4, -0.2) is 28.7 Å². The van der Waals surface area contributed by atoms with Crippen LogP contribution in [0.2, 0.25) is 0 Å². The Labute approximate surface area is 188 Å². The van der Waals surface area contributed by atoms with Crippen LogP contribution in [0.3, 0.4) is 0 Å². The highest BCUT2D eigenvalue weighted by atomic mass is 79.9. The second kappa shape index (κ2) is 7.48. The average molecular weight is 483 g/mol. The lowest BCUT2D eigenvalue weighted by Gasteiger charge is -2.27. The van der Waals surface area contributed by atoms with Crippen molar-refractivity contribution in [1.29, 1.82) is 0 Å². The largest absolute Gasteiger partial charge is 0.461 e. The predicted octanol–water partition coefficient (Wildman–Crippen LogP) is 4.07. The van der Waals surface area contributed by atoms with E-state index < -0.39 is 0 Å². The summed E-state index contributed by atoms with van der Waals surface area (Å²) in [5.74, 6) is -1.11. The smallest absolute Gasteiger partial charge is 0.310 e. The van der Waals surface area contributed by atoms with E-state index in [2.05, 4.69) is 26.6 Å². The average Bonchev–Trinajstić information content (AvgIpc) is 3.35. The summed E-state index contributed by atoms with van der Waals surface area (Å²) in [6.07, 6.45) is 0.744. The molecule has 2 bridgehead atoms. The summed E-state index contributed by atoms with van der Waals surface area (Å²) in [7, 11) is 0. The normalized spacial score (nSPS) is 30.2. The van der Waals surface area contributed by atoms with E-state index in [1.807, 2.05) is 32.0 Å². The first-order chi connectivity index (χ1) is 14.8. The van der Waals surface area contributed by atoms with Crippen molar-refractivity contribution < 1.29 is 19.1 Å². The third kappa shape index (κ3) is 3.35. The number of hydrogen-bond donors (Lipinski definition) is 2. The first kappa shape index (κ1) is 20.2. The van der Waals surface area contributed by atoms with Gasteiger partial charge in [-0.3, -0.25) is 14.4 Å². The number of nitrogens with one attached hydrogen (secondary N) is 2. The van der Waals surface area contributed by atoms with Gasteiger partial charge in [-0.2, -0.15) is 0 Å². The SMILES string of the molecule is Cc1ccc(NC(=O)c2ccc(NC(=O)[C@@H]3[C@H]4C[C@H]5[C@H](OC(=O)[C@H]53)[C@H]4Br)cc2)cc1C. The molecule has 5 rings (SSSR count). The fourth-order valence-electron chi connectivity index (χ4n) is 5.28. The number of esters is 1. The first-order valence-corrected chi connectivity index (χ1v) is 11.4. The van der Waals surface area contributed by atoms with E-state index in [9.17, 15) is 14.4 Å². The van der Waals surface area contributed by atoms with Crippen molar-refractivity contribution in [3.05, 3.63) is 59.2 Å². The molecule has 2 aromatic rings. The zero-order valence-electron chi connectivity index (χ0n) is 17.2. The van der Waals surface area contributed by atoms with Gasteiger partial charge in [0, 0.05) is 22.9 Å². The Morgan fingerprint density at radius 3 is 2.39 bits per heavy atom. The molecule has 2 aliphatic carbocycles. The lowest BCUT2D eigenvalue weighted by Crippen LogP contribution is -2.40. The van der Waals surface area contributed by atoms with Gasteiger partial charge in [0.1, 0.15) is 6.10 Å². The maximum Gasteiger partial charge on any atom is 0.310 e. The summed E-state index contributed by atoms with van der Waals surface area (Å²) in [4.78, 5) is 37.8. The number of carbonyl (C=O) groups is 3. The molecule has 2 aromatic carbocycles. The van der Waals surface area contributed by atoms with Gasteiger partial charge in [0.2, 0.25) is 5.91 Å². The van der Waals surface area contributed by atoms with E-state index in [-0.39, 0.29) is 52.4 Å². The fourth-order valence-corrected chi connectivity index (χ4v) is 6.33. The minimum absolute atomic E-state index is 0.0347. The van der Waals surface area contributed by atoms with Crippen molar-refractivity contribution in [3.8, 4) is 0 Å². The minimum Gasteiger partial charge on any atom is -0.461 e. The Bertz CT molecular complexity index is 1080. The molecule has 0 unspecified atom stereocenters. The van der Waals surface area contributed by atoms with Crippen molar-refractivity contribution in [2.45, 2.75) is 31.2 Å². The number of anilines is 2. The molecule has 3 aliphatic rings. The number of amides is 2. The molecule has 2 N–H and O–H groups in total. The number of halogens is 1. The van der Waals surface area contributed by atoms with Gasteiger partial charge in [-0.25, -0.2) is 0 Å². The molecule has 160 valence electrons. The Morgan fingerprint density at radius 2 is 1.68 bits per heavy atom. The van der Waals surface area contributed by atoms with Crippen molar-refractivity contribution in [1.82, 2.24) is 0 Å². The number of fused-ring (bicyclic) bond motifs is 1. The Balaban J connectivity index is 1.25. The van der Waals surface area contributed by atoms with Gasteiger partial charge >= 0.3 is 5.97 Å². The molecule has 6 atom stereocenters. The molecule has 1 heterocycles. The second-order valence-electron chi connectivity index (χ2n) is 8.78. The molecule has 31 heavy (non-hydrogen) atoms. The van der Waals surface area contributed by atoms with Gasteiger partial charge in [-0.15, -0.1) is 0 Å². The molecule has 2 saturated carbocycles. The van der Waals surface area contributed by atoms with Crippen LogP contribution in [0.5, 0.6) is 0 Å². The van der Waals surface area contributed by atoms with Crippen LogP contribution in [0.4, 0.5) is 11.4 Å². The molecule has 1 aliphatic heterocycles. The number of benzene rings is 2. The summed E-state index contributed by atoms with van der Waals surface area (Å²) < 4.78 is 5.48. The maximum atomic E-state index is 13.0. The van der Waals surface area contributed by atoms with Gasteiger partial charge in [0.05, 0.1) is 16.7 Å². The number of hydrogen-bond acceptors (Lipinski definition) is 4. The highest BCUT2D eigenvalue weighted by Crippen LogP contribution is 2.60. The third-order valence-electron chi connectivity index (χ3n) is 7.01. The Morgan fingerprint density at radius 1 is 0.968 bits per heavy atom. The van der Waals surface area contributed by atoms with E-state index in [4.69, 9.17) is 4.74 Å². The zero-order chi connectivity index (χ0) is 21.9. The Hall–Kier alpha value is -2.67. The Kier molecular flexibility index (Phi) is 4.88. The quantitative estimate of drug-likeness (QED) is 0.508. The summed E-state index contributed by atoms with van der Waals surface area (Å²) in [6, 6.07) is 12.6. The predicted molar refractivity (Wildman–Crippen MR) is 120 cm³/mol. The van der Waals surface area contributed by atoms with Crippen LogP contribution < -0.4 is 10.6 Å². The standard InChI is InChI=1S/C24H23BrN2O4/c1-11-3-6-15(9-12(11)2)27-22(28)13-4-7-14(8-5-13)26-23(29)18-16-10-17-19(18)24(30)31-21(17)20(16)25/h3-9,16-21H,10H2,1-2H3,(H,26,29)(H,27,28)/t16-,17-,18-,19-,20+,21+/m1/s1. The van der Waals surface area contributed by atoms with Crippen LogP contribution in [0.1, 0.15) is 27.9 Å². The lowest BCUT2D eigenvalue weighted by atomic mass is 9.79. The molecule has 0 radical (unpaired) electrons. The van der Waals surface area contributed by atoms with Crippen molar-refractivity contribution >= 4 is 45.1 Å². The molecule has 0 aromatic heterocycles. The van der Waals surface area contributed by atoms with E-state index in [0.29, 0.717) is 11.3 Å². The fraction of sp³-hybridized carbons (Fsp3) is 0.375. The molecule has 0 spiro atoms. The number of ether oxygens (including phenoxy) is 1. The van der Waals surface area contributed by atoms with Crippen LogP contribution in [0, 0.1) is 37.5 Å². The molecule has 1 saturated heterocycles. The number of aryl methyl sites for hydroxylation is 2. The number of rotatable bonds is 4. The van der Waals surface area contributed by atoms with Crippen molar-refractivity contribution in [2.75, 3.05) is 10.6 Å². The summed E-state index contributed by atoms with van der Waals surface area (Å²) in [5.41, 5.74) is 4.12. The van der Waals surface area contributed by atoms with Crippen LogP contribution >= 0.6 is 15.9 Å². The van der Waals surface area contributed by atoms with Gasteiger partial charge in [-0.05, 0) is 73.7 Å². The van der Waals surface area contributed by atoms with Gasteiger partial charge in [0.25, 0.3) is 5.91 Å². The molecule has 6 nitrogen and oxygen atoms in total. The highest BCUT2D eigenvalue weighted by Gasteiger charge is 2.67. The maximum absolute atomic E-state index is 13.0. The minimum atomic E-state index is -0.381. The highest BCUT2D eigenvalue weighted by molar-refractivity contribution is 9.09. The van der Waals surface area contributed by atoms with Crippen LogP contribution in [0.15, 0.2) is 42.5 Å². The molecule has 7 heteroatoms. The third-order valence-corrected chi connectivity index (χ3v) is 8.21. The number of carbonyl (C=O) groups excluding carboxylic acids is 3. The zero-order valence-corrected chi connectivity index (χ0v) is 18.8. The second-order valence-corrected chi connectivity index (χ2v) is 9.84. The molecular weight excluding hydrogens is 460 g/mol. The lowest BCUT2D eigenvalue weighted by molar-refractivity contribution is -0.145. The van der Waals surface area contributed by atoms with E-state index in [1.165, 1.54) is 5.56 Å². The van der Waals surface area contributed by atoms with Gasteiger partial charge in [-0.1, -0.05) is 22.0 Å². The van der Waals surface area contributed by atoms with E-state index in [1.54, 1.807) is 24.3 Å². The van der Waals surface area contributed by atoms with Gasteiger partial charge < -0.3 is 15.4 Å². The number of alkyl halides is 1. The van der Waals surface area contributed by atoms with Gasteiger partial charge in [0.15, 0.2) is 0 Å². The van der Waals surface area contributed by atoms with Crippen molar-refractivity contribution in [3.63, 3.8) is 0 Å². The van der Waals surface area contributed by atoms with Crippen molar-refractivity contribution in [2.24, 2.45) is 23.7 Å². The van der Waals surface area contributed by atoms with E-state index in [0.717, 1.165) is 17.7 Å². The summed E-state index contributed by atoms with van der Waals surface area (Å²) in [6.45, 7) is 4.03. The summed E-state index contributed by atoms with van der Waals surface area (Å²) >= 11 is 3.63. The molecular formula is C24H23BrN2O4.